The number of ether oxygens (including phenoxy) is 1. The van der Waals surface area contributed by atoms with Gasteiger partial charge in [-0.1, -0.05) is 35.0 Å². The Morgan fingerprint density at radius 1 is 1.06 bits per heavy atom. The second-order valence-corrected chi connectivity index (χ2v) is 8.15. The first-order chi connectivity index (χ1) is 15.3. The van der Waals surface area contributed by atoms with Gasteiger partial charge in [0.05, 0.1) is 18.7 Å². The molecule has 0 bridgehead atoms. The molecule has 0 unspecified atom stereocenters. The maximum Gasteiger partial charge on any atom is 0.337 e. The van der Waals surface area contributed by atoms with Crippen LogP contribution in [0.3, 0.4) is 0 Å². The summed E-state index contributed by atoms with van der Waals surface area (Å²) in [6.45, 7) is 4.21. The summed E-state index contributed by atoms with van der Waals surface area (Å²) in [5, 5.41) is 8.40. The minimum absolute atomic E-state index is 0.266. The fraction of sp³-hybridized carbons (Fsp3) is 0.261. The van der Waals surface area contributed by atoms with Crippen molar-refractivity contribution in [1.82, 2.24) is 10.2 Å². The van der Waals surface area contributed by atoms with E-state index in [1.807, 2.05) is 19.1 Å². The van der Waals surface area contributed by atoms with Gasteiger partial charge in [-0.05, 0) is 55.3 Å². The average molecular weight is 501 g/mol. The number of hydrogen-bond donors (Lipinski definition) is 3. The van der Waals surface area contributed by atoms with E-state index in [9.17, 15) is 14.4 Å². The molecule has 8 nitrogen and oxygen atoms in total. The van der Waals surface area contributed by atoms with Gasteiger partial charge in [0.25, 0.3) is 0 Å². The fourth-order valence-electron chi connectivity index (χ4n) is 3.48. The number of benzene rings is 2. The summed E-state index contributed by atoms with van der Waals surface area (Å²) in [4.78, 5) is 38.9. The largest absolute Gasteiger partial charge is 0.466 e. The van der Waals surface area contributed by atoms with Gasteiger partial charge in [0.15, 0.2) is 0 Å². The molecule has 0 saturated heterocycles. The fourth-order valence-corrected chi connectivity index (χ4v) is 3.75. The third-order valence-electron chi connectivity index (χ3n) is 5.05. The van der Waals surface area contributed by atoms with E-state index in [0.717, 1.165) is 10.9 Å². The Morgan fingerprint density at radius 3 is 2.16 bits per heavy atom. The maximum atomic E-state index is 12.6. The zero-order chi connectivity index (χ0) is 23.3. The predicted octanol–water partition coefficient (Wildman–Crippen LogP) is 5.02. The van der Waals surface area contributed by atoms with E-state index in [2.05, 4.69) is 31.9 Å². The highest BCUT2D eigenvalue weighted by Gasteiger charge is 2.35. The molecule has 2 aromatic carbocycles. The highest BCUT2D eigenvalue weighted by Crippen LogP contribution is 2.32. The van der Waals surface area contributed by atoms with Crippen molar-refractivity contribution in [3.8, 4) is 0 Å². The summed E-state index contributed by atoms with van der Waals surface area (Å²) in [6.07, 6.45) is 0.757. The number of hydrogen-bond acceptors (Lipinski definition) is 4. The average Bonchev–Trinajstić information content (AvgIpc) is 2.78. The molecule has 2 aromatic rings. The highest BCUT2D eigenvalue weighted by atomic mass is 79.9. The molecule has 0 fully saturated rings. The molecule has 168 valence electrons. The second-order valence-electron chi connectivity index (χ2n) is 7.23. The van der Waals surface area contributed by atoms with Crippen molar-refractivity contribution in [2.45, 2.75) is 26.3 Å². The molecule has 9 heteroatoms. The number of anilines is 2. The molecule has 1 aliphatic heterocycles. The normalized spacial score (nSPS) is 15.8. The van der Waals surface area contributed by atoms with Crippen LogP contribution in [-0.2, 0) is 9.53 Å². The van der Waals surface area contributed by atoms with E-state index in [1.165, 1.54) is 7.11 Å². The number of carbonyl (C=O) groups excluding carboxylic acids is 3. The first kappa shape index (κ1) is 23.3. The van der Waals surface area contributed by atoms with Gasteiger partial charge in [-0.15, -0.1) is 0 Å². The molecule has 1 aliphatic rings. The van der Waals surface area contributed by atoms with Crippen LogP contribution in [0, 0.1) is 0 Å². The maximum absolute atomic E-state index is 12.6. The predicted molar refractivity (Wildman–Crippen MR) is 126 cm³/mol. The Morgan fingerprint density at radius 2 is 1.62 bits per heavy atom. The monoisotopic (exact) mass is 500 g/mol. The molecule has 0 saturated carbocycles. The third-order valence-corrected chi connectivity index (χ3v) is 5.58. The summed E-state index contributed by atoms with van der Waals surface area (Å²) in [5.41, 5.74) is 2.89. The van der Waals surface area contributed by atoms with Gasteiger partial charge >= 0.3 is 18.0 Å². The standard InChI is InChI=1S/C23H25BrN4O4/c1-4-13-28-14(2)19(21(29)32-3)20(27-23(28)31)15-5-9-17(10-6-15)25-22(30)26-18-11-7-16(24)8-12-18/h5-12,20H,4,13H2,1-3H3,(H,27,31)(H2,25,26,30)/t20-/m0/s1. The number of nitrogens with one attached hydrogen (secondary N) is 3. The highest BCUT2D eigenvalue weighted by molar-refractivity contribution is 9.10. The van der Waals surface area contributed by atoms with Crippen LogP contribution < -0.4 is 16.0 Å². The van der Waals surface area contributed by atoms with Gasteiger partial charge in [0.2, 0.25) is 0 Å². The van der Waals surface area contributed by atoms with Gasteiger partial charge < -0.3 is 20.7 Å². The van der Waals surface area contributed by atoms with Gasteiger partial charge in [-0.25, -0.2) is 14.4 Å². The number of amides is 4. The molecule has 0 aliphatic carbocycles. The van der Waals surface area contributed by atoms with Crippen molar-refractivity contribution in [1.29, 1.82) is 0 Å². The third kappa shape index (κ3) is 5.28. The molecule has 3 N–H and O–H groups in total. The first-order valence-corrected chi connectivity index (χ1v) is 10.9. The lowest BCUT2D eigenvalue weighted by atomic mass is 9.94. The molecule has 0 radical (unpaired) electrons. The van der Waals surface area contributed by atoms with Crippen LogP contribution in [0.15, 0.2) is 64.3 Å². The van der Waals surface area contributed by atoms with Crippen molar-refractivity contribution in [3.05, 3.63) is 69.8 Å². The Balaban J connectivity index is 1.77. The van der Waals surface area contributed by atoms with Gasteiger partial charge in [-0.3, -0.25) is 4.90 Å². The molecule has 1 atom stereocenters. The van der Waals surface area contributed by atoms with Crippen LogP contribution in [-0.4, -0.2) is 36.6 Å². The second kappa shape index (κ2) is 10.3. The number of carbonyl (C=O) groups is 3. The van der Waals surface area contributed by atoms with Crippen LogP contribution in [0.2, 0.25) is 0 Å². The van der Waals surface area contributed by atoms with Gasteiger partial charge in [-0.2, -0.15) is 0 Å². The first-order valence-electron chi connectivity index (χ1n) is 10.1. The summed E-state index contributed by atoms with van der Waals surface area (Å²) >= 11 is 3.35. The molecule has 32 heavy (non-hydrogen) atoms. The van der Waals surface area contributed by atoms with E-state index in [-0.39, 0.29) is 12.1 Å². The molecule has 1 heterocycles. The van der Waals surface area contributed by atoms with Gasteiger partial charge in [0, 0.05) is 28.1 Å². The molecule has 3 rings (SSSR count). The van der Waals surface area contributed by atoms with Crippen LogP contribution in [0.25, 0.3) is 0 Å². The van der Waals surface area contributed by atoms with E-state index in [1.54, 1.807) is 48.2 Å². The van der Waals surface area contributed by atoms with Crippen LogP contribution >= 0.6 is 15.9 Å². The minimum atomic E-state index is -0.645. The molecule has 0 aromatic heterocycles. The number of rotatable bonds is 6. The van der Waals surface area contributed by atoms with E-state index >= 15 is 0 Å². The number of allylic oxidation sites excluding steroid dienone is 1. The summed E-state index contributed by atoms with van der Waals surface area (Å²) < 4.78 is 5.89. The topological polar surface area (TPSA) is 99.8 Å². The van der Waals surface area contributed by atoms with E-state index < -0.39 is 12.0 Å². The SMILES string of the molecule is CCCN1C(=O)N[C@@H](c2ccc(NC(=O)Nc3ccc(Br)cc3)cc2)C(C(=O)OC)=C1C. The van der Waals surface area contributed by atoms with E-state index in [4.69, 9.17) is 4.74 Å². The number of esters is 1. The number of urea groups is 2. The summed E-state index contributed by atoms with van der Waals surface area (Å²) in [6, 6.07) is 12.9. The van der Waals surface area contributed by atoms with Crippen molar-refractivity contribution < 1.29 is 19.1 Å². The zero-order valence-electron chi connectivity index (χ0n) is 18.1. The Labute approximate surface area is 195 Å². The number of halogens is 1. The lowest BCUT2D eigenvalue weighted by Crippen LogP contribution is -2.48. The zero-order valence-corrected chi connectivity index (χ0v) is 19.7. The Hall–Kier alpha value is -3.33. The number of nitrogens with zero attached hydrogens (tertiary/aromatic N) is 1. The lowest BCUT2D eigenvalue weighted by molar-refractivity contribution is -0.136. The van der Waals surface area contributed by atoms with Gasteiger partial charge in [0.1, 0.15) is 0 Å². The Kier molecular flexibility index (Phi) is 7.53. The molecule has 0 spiro atoms. The van der Waals surface area contributed by atoms with Crippen molar-refractivity contribution in [2.75, 3.05) is 24.3 Å². The van der Waals surface area contributed by atoms with Crippen molar-refractivity contribution in [2.24, 2.45) is 0 Å². The van der Waals surface area contributed by atoms with Crippen LogP contribution in [0.1, 0.15) is 31.9 Å². The summed E-state index contributed by atoms with van der Waals surface area (Å²) in [5.74, 6) is -0.496. The quantitative estimate of drug-likeness (QED) is 0.485. The Bertz CT molecular complexity index is 1030. The minimum Gasteiger partial charge on any atom is -0.466 e. The smallest absolute Gasteiger partial charge is 0.337 e. The van der Waals surface area contributed by atoms with E-state index in [0.29, 0.717) is 34.8 Å². The molecular weight excluding hydrogens is 476 g/mol. The molecular formula is C23H25BrN4O4. The lowest BCUT2D eigenvalue weighted by Gasteiger charge is -2.35. The van der Waals surface area contributed by atoms with Crippen LogP contribution in [0.5, 0.6) is 0 Å². The van der Waals surface area contributed by atoms with Crippen molar-refractivity contribution >= 4 is 45.3 Å². The van der Waals surface area contributed by atoms with Crippen LogP contribution in [0.4, 0.5) is 21.0 Å². The summed E-state index contributed by atoms with van der Waals surface area (Å²) in [7, 11) is 1.32. The van der Waals surface area contributed by atoms with Crippen molar-refractivity contribution in [3.63, 3.8) is 0 Å². The molecule has 4 amide bonds. The number of methoxy groups -OCH3 is 1.